The molecule has 2 heterocycles. The van der Waals surface area contributed by atoms with Crippen LogP contribution in [0.15, 0.2) is 54.9 Å². The molecule has 21 heavy (non-hydrogen) atoms. The number of H-pyrrole nitrogens is 1. The van der Waals surface area contributed by atoms with Crippen molar-refractivity contribution >= 4 is 11.6 Å². The fourth-order valence-corrected chi connectivity index (χ4v) is 1.91. The Kier molecular flexibility index (Phi) is 4.02. The van der Waals surface area contributed by atoms with Gasteiger partial charge in [-0.25, -0.2) is 10.1 Å². The van der Waals surface area contributed by atoms with Crippen molar-refractivity contribution in [1.82, 2.24) is 15.2 Å². The number of ether oxygens (including phenoxy) is 2. The first-order valence-electron chi connectivity index (χ1n) is 6.31. The van der Waals surface area contributed by atoms with Gasteiger partial charge in [0.15, 0.2) is 0 Å². The molecular weight excluding hydrogens is 290 g/mol. The Morgan fingerprint density at radius 2 is 2.00 bits per heavy atom. The maximum atomic E-state index is 5.82. The fraction of sp³-hybridized carbons (Fsp3) is 0.0667. The van der Waals surface area contributed by atoms with Gasteiger partial charge in [-0.1, -0.05) is 41.9 Å². The Hall–Kier alpha value is -2.53. The molecule has 0 aliphatic carbocycles. The monoisotopic (exact) mass is 301 g/mol. The van der Waals surface area contributed by atoms with Crippen molar-refractivity contribution in [2.24, 2.45) is 0 Å². The molecule has 2 aromatic heterocycles. The molecule has 0 saturated carbocycles. The minimum absolute atomic E-state index is 0.364. The summed E-state index contributed by atoms with van der Waals surface area (Å²) in [5.41, 5.74) is 1.06. The molecule has 1 aromatic carbocycles. The van der Waals surface area contributed by atoms with Crippen molar-refractivity contribution in [3.63, 3.8) is 0 Å². The van der Waals surface area contributed by atoms with E-state index in [1.165, 1.54) is 0 Å². The highest BCUT2D eigenvalue weighted by Crippen LogP contribution is 2.30. The summed E-state index contributed by atoms with van der Waals surface area (Å²) in [4.78, 5) is 3.90. The summed E-state index contributed by atoms with van der Waals surface area (Å²) >= 11 is 5.82. The third-order valence-corrected chi connectivity index (χ3v) is 2.93. The van der Waals surface area contributed by atoms with Gasteiger partial charge in [-0.15, -0.1) is 0 Å². The first-order chi connectivity index (χ1) is 10.3. The number of nitrogens with zero attached hydrogens (tertiary/aromatic N) is 2. The minimum Gasteiger partial charge on any atom is -0.470 e. The molecule has 0 radical (unpaired) electrons. The third-order valence-electron chi connectivity index (χ3n) is 2.72. The molecule has 0 bridgehead atoms. The lowest BCUT2D eigenvalue weighted by Crippen LogP contribution is -1.97. The SMILES string of the molecule is Clc1cc(Oc2cn[nH]c2OCc2ccccc2)ccn1. The van der Waals surface area contributed by atoms with Gasteiger partial charge in [0.1, 0.15) is 17.5 Å². The van der Waals surface area contributed by atoms with Gasteiger partial charge in [-0.2, -0.15) is 5.10 Å². The zero-order valence-corrected chi connectivity index (χ0v) is 11.7. The number of aromatic amines is 1. The normalized spacial score (nSPS) is 10.3. The van der Waals surface area contributed by atoms with Crippen LogP contribution in [0.25, 0.3) is 0 Å². The Morgan fingerprint density at radius 1 is 1.14 bits per heavy atom. The lowest BCUT2D eigenvalue weighted by atomic mass is 10.2. The van der Waals surface area contributed by atoms with Crippen LogP contribution in [0.3, 0.4) is 0 Å². The van der Waals surface area contributed by atoms with Crippen molar-refractivity contribution in [2.75, 3.05) is 0 Å². The number of rotatable bonds is 5. The maximum absolute atomic E-state index is 5.82. The highest BCUT2D eigenvalue weighted by Gasteiger charge is 2.09. The number of hydrogen-bond acceptors (Lipinski definition) is 4. The predicted molar refractivity (Wildman–Crippen MR) is 78.7 cm³/mol. The maximum Gasteiger partial charge on any atom is 0.253 e. The van der Waals surface area contributed by atoms with Gasteiger partial charge in [0.2, 0.25) is 5.75 Å². The molecular formula is C15H12ClN3O2. The quantitative estimate of drug-likeness (QED) is 0.728. The van der Waals surface area contributed by atoms with Gasteiger partial charge in [-0.05, 0) is 11.6 Å². The van der Waals surface area contributed by atoms with Crippen molar-refractivity contribution in [3.8, 4) is 17.4 Å². The second kappa shape index (κ2) is 6.28. The van der Waals surface area contributed by atoms with Gasteiger partial charge < -0.3 is 9.47 Å². The molecule has 1 N–H and O–H groups in total. The highest BCUT2D eigenvalue weighted by atomic mass is 35.5. The van der Waals surface area contributed by atoms with E-state index in [-0.39, 0.29) is 0 Å². The lowest BCUT2D eigenvalue weighted by Gasteiger charge is -2.07. The molecule has 5 nitrogen and oxygen atoms in total. The van der Waals surface area contributed by atoms with Crippen LogP contribution in [-0.2, 0) is 6.61 Å². The molecule has 0 saturated heterocycles. The number of benzene rings is 1. The molecule has 0 atom stereocenters. The molecule has 0 amide bonds. The van der Waals surface area contributed by atoms with E-state index < -0.39 is 0 Å². The van der Waals surface area contributed by atoms with E-state index in [0.717, 1.165) is 5.56 Å². The summed E-state index contributed by atoms with van der Waals surface area (Å²) in [7, 11) is 0. The Labute approximate surface area is 126 Å². The van der Waals surface area contributed by atoms with E-state index in [1.807, 2.05) is 30.3 Å². The average molecular weight is 302 g/mol. The summed E-state index contributed by atoms with van der Waals surface area (Å²) < 4.78 is 11.3. The van der Waals surface area contributed by atoms with Gasteiger partial charge in [0, 0.05) is 12.3 Å². The molecule has 0 aliphatic rings. The molecule has 0 aliphatic heterocycles. The van der Waals surface area contributed by atoms with Crippen molar-refractivity contribution in [1.29, 1.82) is 0 Å². The lowest BCUT2D eigenvalue weighted by molar-refractivity contribution is 0.280. The standard InChI is InChI=1S/C15H12ClN3O2/c16-14-8-12(6-7-17-14)21-13-9-18-19-15(13)20-10-11-4-2-1-3-5-11/h1-9H,10H2,(H,18,19). The van der Waals surface area contributed by atoms with Crippen LogP contribution < -0.4 is 9.47 Å². The topological polar surface area (TPSA) is 60.0 Å². The van der Waals surface area contributed by atoms with E-state index >= 15 is 0 Å². The van der Waals surface area contributed by atoms with Crippen molar-refractivity contribution in [2.45, 2.75) is 6.61 Å². The molecule has 6 heteroatoms. The van der Waals surface area contributed by atoms with E-state index in [4.69, 9.17) is 21.1 Å². The van der Waals surface area contributed by atoms with Crippen LogP contribution in [0.1, 0.15) is 5.56 Å². The predicted octanol–water partition coefficient (Wildman–Crippen LogP) is 3.83. The van der Waals surface area contributed by atoms with Crippen LogP contribution in [0, 0.1) is 0 Å². The summed E-state index contributed by atoms with van der Waals surface area (Å²) in [6, 6.07) is 13.2. The van der Waals surface area contributed by atoms with Crippen LogP contribution in [0.4, 0.5) is 0 Å². The molecule has 3 rings (SSSR count). The number of pyridine rings is 1. The number of nitrogens with one attached hydrogen (secondary N) is 1. The smallest absolute Gasteiger partial charge is 0.253 e. The van der Waals surface area contributed by atoms with Crippen LogP contribution in [-0.4, -0.2) is 15.2 Å². The number of aromatic nitrogens is 3. The number of hydrogen-bond donors (Lipinski definition) is 1. The van der Waals surface area contributed by atoms with Crippen LogP contribution in [0.5, 0.6) is 17.4 Å². The van der Waals surface area contributed by atoms with E-state index in [9.17, 15) is 0 Å². The Balaban J connectivity index is 1.69. The zero-order valence-electron chi connectivity index (χ0n) is 11.0. The first kappa shape index (κ1) is 13.5. The van der Waals surface area contributed by atoms with Gasteiger partial charge >= 0.3 is 0 Å². The molecule has 3 aromatic rings. The average Bonchev–Trinajstić information content (AvgIpc) is 2.93. The molecule has 0 fully saturated rings. The summed E-state index contributed by atoms with van der Waals surface area (Å²) in [6.45, 7) is 0.427. The van der Waals surface area contributed by atoms with E-state index in [1.54, 1.807) is 24.5 Å². The van der Waals surface area contributed by atoms with Crippen LogP contribution >= 0.6 is 11.6 Å². The van der Waals surface area contributed by atoms with E-state index in [0.29, 0.717) is 29.1 Å². The highest BCUT2D eigenvalue weighted by molar-refractivity contribution is 6.29. The summed E-state index contributed by atoms with van der Waals surface area (Å²) in [6.07, 6.45) is 3.12. The third kappa shape index (κ3) is 3.52. The fourth-order valence-electron chi connectivity index (χ4n) is 1.74. The molecule has 0 spiro atoms. The Bertz CT molecular complexity index is 716. The second-order valence-electron chi connectivity index (χ2n) is 4.25. The number of halogens is 1. The molecule has 106 valence electrons. The Morgan fingerprint density at radius 3 is 2.81 bits per heavy atom. The van der Waals surface area contributed by atoms with Crippen molar-refractivity contribution < 1.29 is 9.47 Å². The van der Waals surface area contributed by atoms with E-state index in [2.05, 4.69) is 15.2 Å². The van der Waals surface area contributed by atoms with Gasteiger partial charge in [0.05, 0.1) is 6.20 Å². The summed E-state index contributed by atoms with van der Waals surface area (Å²) in [5.74, 6) is 1.53. The molecule has 0 unspecified atom stereocenters. The zero-order chi connectivity index (χ0) is 14.5. The summed E-state index contributed by atoms with van der Waals surface area (Å²) in [5, 5.41) is 7.06. The second-order valence-corrected chi connectivity index (χ2v) is 4.64. The van der Waals surface area contributed by atoms with Gasteiger partial charge in [-0.3, -0.25) is 0 Å². The van der Waals surface area contributed by atoms with Gasteiger partial charge in [0.25, 0.3) is 5.88 Å². The first-order valence-corrected chi connectivity index (χ1v) is 6.68. The minimum atomic E-state index is 0.364. The van der Waals surface area contributed by atoms with Crippen molar-refractivity contribution in [3.05, 3.63) is 65.6 Å². The van der Waals surface area contributed by atoms with Crippen LogP contribution in [0.2, 0.25) is 5.15 Å². The largest absolute Gasteiger partial charge is 0.470 e.